The van der Waals surface area contributed by atoms with Gasteiger partial charge in [0.25, 0.3) is 0 Å². The van der Waals surface area contributed by atoms with Crippen molar-refractivity contribution in [2.24, 2.45) is 0 Å². The van der Waals surface area contributed by atoms with Crippen LogP contribution in [0.5, 0.6) is 0 Å². The van der Waals surface area contributed by atoms with Crippen molar-refractivity contribution in [1.29, 1.82) is 0 Å². The lowest BCUT2D eigenvalue weighted by molar-refractivity contribution is -0.137. The van der Waals surface area contributed by atoms with Crippen LogP contribution in [0.2, 0.25) is 0 Å². The molecule has 1 aliphatic heterocycles. The van der Waals surface area contributed by atoms with Crippen LogP contribution in [-0.4, -0.2) is 40.7 Å². The van der Waals surface area contributed by atoms with Crippen LogP contribution in [0.4, 0.5) is 29.3 Å². The van der Waals surface area contributed by atoms with Crippen LogP contribution in [0.25, 0.3) is 0 Å². The van der Waals surface area contributed by atoms with E-state index in [4.69, 9.17) is 17.0 Å². The number of ether oxygens (including phenoxy) is 1. The molecule has 2 aromatic carbocycles. The van der Waals surface area contributed by atoms with Crippen LogP contribution in [0.15, 0.2) is 48.5 Å². The van der Waals surface area contributed by atoms with Crippen LogP contribution in [-0.2, 0) is 17.3 Å². The maximum Gasteiger partial charge on any atom is 0.416 e. The Kier molecular flexibility index (Phi) is 8.07. The predicted octanol–water partition coefficient (Wildman–Crippen LogP) is 6.50. The first-order valence-corrected chi connectivity index (χ1v) is 11.6. The molecule has 3 rings (SSSR count). The van der Waals surface area contributed by atoms with Gasteiger partial charge < -0.3 is 15.0 Å². The van der Waals surface area contributed by atoms with Crippen molar-refractivity contribution >= 4 is 34.7 Å². The second-order valence-electron chi connectivity index (χ2n) is 9.34. The van der Waals surface area contributed by atoms with Crippen LogP contribution in [0, 0.1) is 0 Å². The largest absolute Gasteiger partial charge is 0.444 e. The second-order valence-corrected chi connectivity index (χ2v) is 9.81. The van der Waals surface area contributed by atoms with Crippen molar-refractivity contribution in [2.45, 2.75) is 57.9 Å². The van der Waals surface area contributed by atoms with Crippen LogP contribution < -0.4 is 10.6 Å². The first kappa shape index (κ1) is 25.8. The zero-order valence-electron chi connectivity index (χ0n) is 19.5. The van der Waals surface area contributed by atoms with E-state index in [9.17, 15) is 18.0 Å². The number of para-hydroxylation sites is 2. The number of amides is 1. The maximum atomic E-state index is 12.8. The molecule has 0 aromatic heterocycles. The van der Waals surface area contributed by atoms with E-state index in [1.165, 1.54) is 12.1 Å². The monoisotopic (exact) mass is 493 g/mol. The van der Waals surface area contributed by atoms with E-state index in [2.05, 4.69) is 15.5 Å². The third-order valence-electron chi connectivity index (χ3n) is 5.41. The number of alkyl halides is 3. The summed E-state index contributed by atoms with van der Waals surface area (Å²) in [6.07, 6.45) is -2.73. The van der Waals surface area contributed by atoms with Gasteiger partial charge in [0, 0.05) is 25.6 Å². The van der Waals surface area contributed by atoms with Gasteiger partial charge in [0.05, 0.1) is 21.9 Å². The SMILES string of the molecule is CC(C)(C)OC(=O)Nc1ccccc1NC1CCN(C(=S)Cc2ccc(C(F)(F)F)cc2)CC1. The van der Waals surface area contributed by atoms with Crippen molar-refractivity contribution in [1.82, 2.24) is 4.90 Å². The van der Waals surface area contributed by atoms with Crippen LogP contribution in [0.1, 0.15) is 44.7 Å². The zero-order valence-corrected chi connectivity index (χ0v) is 20.4. The summed E-state index contributed by atoms with van der Waals surface area (Å²) in [6, 6.07) is 12.8. The van der Waals surface area contributed by atoms with Gasteiger partial charge in [-0.05, 0) is 63.4 Å². The molecule has 0 bridgehead atoms. The number of thiocarbonyl (C=S) groups is 1. The van der Waals surface area contributed by atoms with Gasteiger partial charge in [-0.1, -0.05) is 36.5 Å². The van der Waals surface area contributed by atoms with Gasteiger partial charge >= 0.3 is 12.3 Å². The molecule has 1 fully saturated rings. The highest BCUT2D eigenvalue weighted by molar-refractivity contribution is 7.80. The summed E-state index contributed by atoms with van der Waals surface area (Å²) in [7, 11) is 0. The van der Waals surface area contributed by atoms with Crippen molar-refractivity contribution < 1.29 is 22.7 Å². The Hall–Kier alpha value is -2.81. The molecule has 1 aliphatic rings. The second kappa shape index (κ2) is 10.6. The molecule has 1 amide bonds. The van der Waals surface area contributed by atoms with E-state index >= 15 is 0 Å². The van der Waals surface area contributed by atoms with Crippen molar-refractivity contribution in [3.63, 3.8) is 0 Å². The number of nitrogens with zero attached hydrogens (tertiary/aromatic N) is 1. The van der Waals surface area contributed by atoms with E-state index in [-0.39, 0.29) is 6.04 Å². The first-order chi connectivity index (χ1) is 15.9. The number of likely N-dealkylation sites (tertiary alicyclic amines) is 1. The van der Waals surface area contributed by atoms with Crippen molar-refractivity contribution in [3.8, 4) is 0 Å². The normalized spacial score (nSPS) is 15.1. The lowest BCUT2D eigenvalue weighted by Gasteiger charge is -2.35. The van der Waals surface area contributed by atoms with E-state index in [1.54, 1.807) is 0 Å². The fraction of sp³-hybridized carbons (Fsp3) is 0.440. The molecular weight excluding hydrogens is 463 g/mol. The maximum absolute atomic E-state index is 12.8. The summed E-state index contributed by atoms with van der Waals surface area (Å²) < 4.78 is 43.6. The molecule has 1 saturated heterocycles. The summed E-state index contributed by atoms with van der Waals surface area (Å²) in [5, 5.41) is 6.30. The van der Waals surface area contributed by atoms with Crippen molar-refractivity contribution in [2.75, 3.05) is 23.7 Å². The van der Waals surface area contributed by atoms with Gasteiger partial charge in [0.1, 0.15) is 5.60 Å². The third kappa shape index (κ3) is 7.62. The van der Waals surface area contributed by atoms with Gasteiger partial charge in [0.15, 0.2) is 0 Å². The molecule has 184 valence electrons. The highest BCUT2D eigenvalue weighted by Crippen LogP contribution is 2.29. The van der Waals surface area contributed by atoms with Crippen LogP contribution >= 0.6 is 12.2 Å². The minimum Gasteiger partial charge on any atom is -0.444 e. The standard InChI is InChI=1S/C25H30F3N3O2S/c1-24(2,3)33-23(32)30-21-7-5-4-6-20(21)29-19-12-14-31(15-13-19)22(34)16-17-8-10-18(11-9-17)25(26,27)28/h4-11,19,29H,12-16H2,1-3H3,(H,30,32). The van der Waals surface area contributed by atoms with Gasteiger partial charge in [-0.2, -0.15) is 13.2 Å². The average molecular weight is 494 g/mol. The highest BCUT2D eigenvalue weighted by Gasteiger charge is 2.30. The molecular formula is C25H30F3N3O2S. The number of carbonyl (C=O) groups excluding carboxylic acids is 1. The van der Waals surface area contributed by atoms with Gasteiger partial charge in [-0.25, -0.2) is 4.79 Å². The quantitative estimate of drug-likeness (QED) is 0.466. The Morgan fingerprint density at radius 1 is 1.03 bits per heavy atom. The molecule has 0 aliphatic carbocycles. The molecule has 0 atom stereocenters. The predicted molar refractivity (Wildman–Crippen MR) is 132 cm³/mol. The molecule has 0 saturated carbocycles. The minimum absolute atomic E-state index is 0.201. The molecule has 0 radical (unpaired) electrons. The summed E-state index contributed by atoms with van der Waals surface area (Å²) in [4.78, 5) is 15.0. The number of hydrogen-bond donors (Lipinski definition) is 2. The number of nitrogens with one attached hydrogen (secondary N) is 2. The number of hydrogen-bond acceptors (Lipinski definition) is 4. The third-order valence-corrected chi connectivity index (χ3v) is 5.81. The van der Waals surface area contributed by atoms with E-state index in [0.29, 0.717) is 12.1 Å². The van der Waals surface area contributed by atoms with Crippen molar-refractivity contribution in [3.05, 3.63) is 59.7 Å². The van der Waals surface area contributed by atoms with Gasteiger partial charge in [-0.3, -0.25) is 5.32 Å². The molecule has 34 heavy (non-hydrogen) atoms. The fourth-order valence-electron chi connectivity index (χ4n) is 3.72. The van der Waals surface area contributed by atoms with E-state index in [1.807, 2.05) is 45.0 Å². The molecule has 1 heterocycles. The number of rotatable bonds is 5. The van der Waals surface area contributed by atoms with E-state index < -0.39 is 23.4 Å². The molecule has 9 heteroatoms. The smallest absolute Gasteiger partial charge is 0.416 e. The molecule has 0 spiro atoms. The fourth-order valence-corrected chi connectivity index (χ4v) is 4.07. The highest BCUT2D eigenvalue weighted by atomic mass is 32.1. The molecule has 2 aromatic rings. The Labute approximate surface area is 203 Å². The van der Waals surface area contributed by atoms with E-state index in [0.717, 1.165) is 54.3 Å². The first-order valence-electron chi connectivity index (χ1n) is 11.2. The zero-order chi connectivity index (χ0) is 24.9. The number of halogens is 3. The molecule has 0 unspecified atom stereocenters. The lowest BCUT2D eigenvalue weighted by atomic mass is 10.0. The number of carbonyl (C=O) groups is 1. The summed E-state index contributed by atoms with van der Waals surface area (Å²) >= 11 is 5.56. The lowest BCUT2D eigenvalue weighted by Crippen LogP contribution is -2.42. The number of piperidine rings is 1. The summed E-state index contributed by atoms with van der Waals surface area (Å²) in [5.41, 5.74) is 0.991. The van der Waals surface area contributed by atoms with Gasteiger partial charge in [-0.15, -0.1) is 0 Å². The number of anilines is 2. The number of benzene rings is 2. The molecule has 5 nitrogen and oxygen atoms in total. The Bertz CT molecular complexity index is 996. The Balaban J connectivity index is 1.52. The Morgan fingerprint density at radius 3 is 2.18 bits per heavy atom. The topological polar surface area (TPSA) is 53.6 Å². The minimum atomic E-state index is -4.34. The Morgan fingerprint density at radius 2 is 1.62 bits per heavy atom. The summed E-state index contributed by atoms with van der Waals surface area (Å²) in [6.45, 7) is 6.93. The van der Waals surface area contributed by atoms with Crippen LogP contribution in [0.3, 0.4) is 0 Å². The summed E-state index contributed by atoms with van der Waals surface area (Å²) in [5.74, 6) is 0. The molecule has 2 N–H and O–H groups in total. The average Bonchev–Trinajstić information content (AvgIpc) is 2.74. The van der Waals surface area contributed by atoms with Gasteiger partial charge in [0.2, 0.25) is 0 Å².